The zero-order valence-corrected chi connectivity index (χ0v) is 13.6. The molecular weight excluding hydrogens is 272 g/mol. The highest BCUT2D eigenvalue weighted by molar-refractivity contribution is 5.89. The number of piperidine rings is 1. The summed E-state index contributed by atoms with van der Waals surface area (Å²) in [7, 11) is 0. The number of aliphatic hydroxyl groups is 1. The molecule has 2 aromatic rings. The van der Waals surface area contributed by atoms with Gasteiger partial charge < -0.3 is 10.1 Å². The van der Waals surface area contributed by atoms with Crippen molar-refractivity contribution in [1.82, 2.24) is 9.88 Å². The lowest BCUT2D eigenvalue weighted by atomic mass is 9.72. The van der Waals surface area contributed by atoms with E-state index in [1.165, 1.54) is 34.1 Å². The molecule has 0 radical (unpaired) electrons. The molecular formula is C19H26N2O. The van der Waals surface area contributed by atoms with Crippen molar-refractivity contribution in [2.24, 2.45) is 5.92 Å². The molecule has 2 unspecified atom stereocenters. The smallest absolute Gasteiger partial charge is 0.0471 e. The SMILES string of the molecule is CCCN1CC(CO)CC2c3cccc4[nH]c(C)c(c34)C[C@H]21. The molecule has 1 aromatic carbocycles. The average Bonchev–Trinajstić information content (AvgIpc) is 2.85. The largest absolute Gasteiger partial charge is 0.396 e. The summed E-state index contributed by atoms with van der Waals surface area (Å²) in [6, 6.07) is 7.31. The Morgan fingerprint density at radius 3 is 3.00 bits per heavy atom. The van der Waals surface area contributed by atoms with E-state index in [4.69, 9.17) is 0 Å². The van der Waals surface area contributed by atoms with Crippen molar-refractivity contribution >= 4 is 10.9 Å². The third-order valence-electron chi connectivity index (χ3n) is 5.77. The molecule has 2 heterocycles. The summed E-state index contributed by atoms with van der Waals surface area (Å²) in [5, 5.41) is 11.2. The zero-order valence-electron chi connectivity index (χ0n) is 13.6. The molecule has 0 spiro atoms. The third-order valence-corrected chi connectivity index (χ3v) is 5.77. The van der Waals surface area contributed by atoms with E-state index in [1.807, 2.05) is 0 Å². The summed E-state index contributed by atoms with van der Waals surface area (Å²) in [4.78, 5) is 6.21. The highest BCUT2D eigenvalue weighted by atomic mass is 16.3. The quantitative estimate of drug-likeness (QED) is 0.913. The number of aromatic nitrogens is 1. The van der Waals surface area contributed by atoms with Crippen molar-refractivity contribution in [3.8, 4) is 0 Å². The molecule has 1 aliphatic heterocycles. The maximum absolute atomic E-state index is 9.73. The molecule has 1 aliphatic carbocycles. The van der Waals surface area contributed by atoms with Crippen LogP contribution in [-0.4, -0.2) is 40.7 Å². The number of H-pyrrole nitrogens is 1. The molecule has 2 aliphatic rings. The molecule has 2 N–H and O–H groups in total. The van der Waals surface area contributed by atoms with Crippen LogP contribution in [0.15, 0.2) is 18.2 Å². The molecule has 1 aromatic heterocycles. The molecule has 1 saturated heterocycles. The number of hydrogen-bond donors (Lipinski definition) is 2. The molecule has 0 amide bonds. The van der Waals surface area contributed by atoms with Crippen LogP contribution in [0.25, 0.3) is 10.9 Å². The molecule has 3 heteroatoms. The van der Waals surface area contributed by atoms with Crippen molar-refractivity contribution in [2.75, 3.05) is 19.7 Å². The Labute approximate surface area is 132 Å². The van der Waals surface area contributed by atoms with Gasteiger partial charge in [-0.3, -0.25) is 4.90 Å². The lowest BCUT2D eigenvalue weighted by molar-refractivity contribution is 0.0571. The van der Waals surface area contributed by atoms with Crippen LogP contribution >= 0.6 is 0 Å². The van der Waals surface area contributed by atoms with Crippen LogP contribution in [0.5, 0.6) is 0 Å². The first kappa shape index (κ1) is 14.3. The number of aryl methyl sites for hydroxylation is 1. The van der Waals surface area contributed by atoms with E-state index in [9.17, 15) is 5.11 Å². The second-order valence-electron chi connectivity index (χ2n) is 7.16. The fourth-order valence-corrected chi connectivity index (χ4v) is 4.84. The van der Waals surface area contributed by atoms with Crippen LogP contribution in [-0.2, 0) is 6.42 Å². The fraction of sp³-hybridized carbons (Fsp3) is 0.579. The molecule has 1 fully saturated rings. The normalized spacial score (nSPS) is 28.0. The maximum atomic E-state index is 9.73. The minimum atomic E-state index is 0.318. The van der Waals surface area contributed by atoms with E-state index in [2.05, 4.69) is 41.9 Å². The minimum absolute atomic E-state index is 0.318. The van der Waals surface area contributed by atoms with E-state index < -0.39 is 0 Å². The summed E-state index contributed by atoms with van der Waals surface area (Å²) in [5.41, 5.74) is 5.65. The van der Waals surface area contributed by atoms with E-state index >= 15 is 0 Å². The second-order valence-corrected chi connectivity index (χ2v) is 7.16. The van der Waals surface area contributed by atoms with Crippen molar-refractivity contribution in [3.05, 3.63) is 35.0 Å². The first-order chi connectivity index (χ1) is 10.7. The van der Waals surface area contributed by atoms with Crippen LogP contribution in [0.1, 0.15) is 42.5 Å². The summed E-state index contributed by atoms with van der Waals surface area (Å²) >= 11 is 0. The van der Waals surface area contributed by atoms with Crippen LogP contribution in [0, 0.1) is 12.8 Å². The number of aliphatic hydroxyl groups excluding tert-OH is 1. The maximum Gasteiger partial charge on any atom is 0.0471 e. The van der Waals surface area contributed by atoms with E-state index in [-0.39, 0.29) is 0 Å². The number of aromatic amines is 1. The number of nitrogens with one attached hydrogen (secondary N) is 1. The van der Waals surface area contributed by atoms with Crippen molar-refractivity contribution in [2.45, 2.75) is 45.1 Å². The topological polar surface area (TPSA) is 39.3 Å². The average molecular weight is 298 g/mol. The van der Waals surface area contributed by atoms with Crippen LogP contribution in [0.3, 0.4) is 0 Å². The predicted octanol–water partition coefficient (Wildman–Crippen LogP) is 3.21. The van der Waals surface area contributed by atoms with Crippen molar-refractivity contribution in [1.29, 1.82) is 0 Å². The van der Waals surface area contributed by atoms with Gasteiger partial charge in [-0.1, -0.05) is 19.1 Å². The van der Waals surface area contributed by atoms with Gasteiger partial charge in [0.1, 0.15) is 0 Å². The number of nitrogens with zero attached hydrogens (tertiary/aromatic N) is 1. The lowest BCUT2D eigenvalue weighted by Gasteiger charge is -2.47. The number of rotatable bonds is 3. The Hall–Kier alpha value is -1.32. The molecule has 3 nitrogen and oxygen atoms in total. The van der Waals surface area contributed by atoms with Gasteiger partial charge in [-0.2, -0.15) is 0 Å². The summed E-state index contributed by atoms with van der Waals surface area (Å²) in [6.45, 7) is 6.99. The van der Waals surface area contributed by atoms with Gasteiger partial charge in [0.05, 0.1) is 0 Å². The molecule has 3 atom stereocenters. The Morgan fingerprint density at radius 2 is 2.23 bits per heavy atom. The first-order valence-corrected chi connectivity index (χ1v) is 8.67. The van der Waals surface area contributed by atoms with Crippen LogP contribution < -0.4 is 0 Å². The summed E-state index contributed by atoms with van der Waals surface area (Å²) < 4.78 is 0. The predicted molar refractivity (Wildman–Crippen MR) is 90.3 cm³/mol. The molecule has 0 saturated carbocycles. The van der Waals surface area contributed by atoms with Crippen molar-refractivity contribution < 1.29 is 5.11 Å². The zero-order chi connectivity index (χ0) is 15.3. The summed E-state index contributed by atoms with van der Waals surface area (Å²) in [5.74, 6) is 0.994. The Bertz CT molecular complexity index is 690. The number of likely N-dealkylation sites (tertiary alicyclic amines) is 1. The number of benzene rings is 1. The van der Waals surface area contributed by atoms with Gasteiger partial charge in [0.15, 0.2) is 0 Å². The van der Waals surface area contributed by atoms with E-state index in [1.54, 1.807) is 0 Å². The lowest BCUT2D eigenvalue weighted by Crippen LogP contribution is -2.50. The molecule has 0 bridgehead atoms. The third kappa shape index (κ3) is 2.03. The van der Waals surface area contributed by atoms with Gasteiger partial charge in [-0.05, 0) is 55.8 Å². The summed E-state index contributed by atoms with van der Waals surface area (Å²) in [6.07, 6.45) is 3.47. The van der Waals surface area contributed by atoms with Crippen molar-refractivity contribution in [3.63, 3.8) is 0 Å². The Morgan fingerprint density at radius 1 is 1.36 bits per heavy atom. The second kappa shape index (κ2) is 5.39. The van der Waals surface area contributed by atoms with Crippen LogP contribution in [0.2, 0.25) is 0 Å². The highest BCUT2D eigenvalue weighted by Crippen LogP contribution is 2.45. The standard InChI is InChI=1S/C19H26N2O/c1-3-7-21-10-13(11-22)8-16-14-5-4-6-17-19(14)15(9-18(16)21)12(2)20-17/h4-6,13,16,18,20,22H,3,7-11H2,1-2H3/t13?,16?,18-/m1/s1. The fourth-order valence-electron chi connectivity index (χ4n) is 4.84. The first-order valence-electron chi connectivity index (χ1n) is 8.67. The van der Waals surface area contributed by atoms with Gasteiger partial charge in [0, 0.05) is 41.7 Å². The van der Waals surface area contributed by atoms with Gasteiger partial charge in [0.25, 0.3) is 0 Å². The van der Waals surface area contributed by atoms with Gasteiger partial charge in [-0.25, -0.2) is 0 Å². The van der Waals surface area contributed by atoms with Gasteiger partial charge in [0.2, 0.25) is 0 Å². The molecule has 118 valence electrons. The minimum Gasteiger partial charge on any atom is -0.396 e. The molecule has 22 heavy (non-hydrogen) atoms. The Balaban J connectivity index is 1.83. The van der Waals surface area contributed by atoms with Crippen LogP contribution in [0.4, 0.5) is 0 Å². The van der Waals surface area contributed by atoms with E-state index in [0.717, 1.165) is 25.9 Å². The Kier molecular flexibility index (Phi) is 3.50. The highest BCUT2D eigenvalue weighted by Gasteiger charge is 2.40. The van der Waals surface area contributed by atoms with Gasteiger partial charge >= 0.3 is 0 Å². The number of hydrogen-bond acceptors (Lipinski definition) is 2. The van der Waals surface area contributed by atoms with E-state index in [0.29, 0.717) is 24.5 Å². The molecule has 4 rings (SSSR count). The van der Waals surface area contributed by atoms with Gasteiger partial charge in [-0.15, -0.1) is 0 Å². The number of fused-ring (bicyclic) bond motifs is 2. The monoisotopic (exact) mass is 298 g/mol.